The van der Waals surface area contributed by atoms with Crippen LogP contribution in [-0.4, -0.2) is 9.55 Å². The first kappa shape index (κ1) is 21.4. The monoisotopic (exact) mass is 486 g/mol. The van der Waals surface area contributed by atoms with E-state index in [0.717, 1.165) is 50.9 Å². The second-order valence-electron chi connectivity index (χ2n) is 10.8. The second-order valence-corrected chi connectivity index (χ2v) is 11.7. The summed E-state index contributed by atoms with van der Waals surface area (Å²) < 4.78 is 9.80. The minimum Gasteiger partial charge on any atom is -0.456 e. The van der Waals surface area contributed by atoms with Crippen LogP contribution in [0, 0.1) is 5.41 Å². The van der Waals surface area contributed by atoms with Gasteiger partial charge >= 0.3 is 0 Å². The Kier molecular flexibility index (Phi) is 4.64. The Morgan fingerprint density at radius 2 is 1.61 bits per heavy atom. The second kappa shape index (κ2) is 7.81. The van der Waals surface area contributed by atoms with E-state index in [0.29, 0.717) is 0 Å². The van der Waals surface area contributed by atoms with E-state index in [2.05, 4.69) is 104 Å². The summed E-state index contributed by atoms with van der Waals surface area (Å²) in [6, 6.07) is 30.0. The first-order chi connectivity index (χ1) is 17.4. The highest BCUT2D eigenvalue weighted by Gasteiger charge is 2.20. The molecule has 3 heterocycles. The van der Waals surface area contributed by atoms with Gasteiger partial charge in [-0.25, -0.2) is 4.98 Å². The first-order valence-electron chi connectivity index (χ1n) is 12.3. The molecule has 0 saturated heterocycles. The molecule has 0 N–H and O–H groups in total. The largest absolute Gasteiger partial charge is 0.456 e. The average molecular weight is 487 g/mol. The summed E-state index contributed by atoms with van der Waals surface area (Å²) in [6.45, 7) is 6.87. The van der Waals surface area contributed by atoms with E-state index in [1.54, 1.807) is 11.3 Å². The molecule has 3 aromatic heterocycles. The van der Waals surface area contributed by atoms with Crippen molar-refractivity contribution in [1.29, 1.82) is 0 Å². The van der Waals surface area contributed by atoms with Crippen LogP contribution in [0.2, 0.25) is 0 Å². The van der Waals surface area contributed by atoms with E-state index in [9.17, 15) is 0 Å². The van der Waals surface area contributed by atoms with Crippen LogP contribution in [0.3, 0.4) is 0 Å². The molecule has 0 unspecified atom stereocenters. The molecule has 0 saturated carbocycles. The molecule has 0 fully saturated rings. The van der Waals surface area contributed by atoms with Gasteiger partial charge in [0.25, 0.3) is 0 Å². The fourth-order valence-electron chi connectivity index (χ4n) is 5.29. The van der Waals surface area contributed by atoms with Gasteiger partial charge < -0.3 is 4.42 Å². The van der Waals surface area contributed by atoms with Gasteiger partial charge in [-0.2, -0.15) is 0 Å². The average Bonchev–Trinajstić information content (AvgIpc) is 3.55. The van der Waals surface area contributed by atoms with E-state index >= 15 is 0 Å². The summed E-state index contributed by atoms with van der Waals surface area (Å²) in [7, 11) is 0. The van der Waals surface area contributed by atoms with Gasteiger partial charge in [-0.1, -0.05) is 57.2 Å². The van der Waals surface area contributed by atoms with Crippen LogP contribution < -0.4 is 0 Å². The SMILES string of the molecule is CC(C)(C)Cc1ccc2scc(-c3nc4ccccc4n3-c3ccc4c(c3)oc3ccccc34)c2c1. The third-order valence-electron chi connectivity index (χ3n) is 6.79. The van der Waals surface area contributed by atoms with Gasteiger partial charge in [0.05, 0.1) is 16.7 Å². The molecule has 0 spiro atoms. The van der Waals surface area contributed by atoms with E-state index in [4.69, 9.17) is 9.40 Å². The molecule has 0 aliphatic rings. The number of para-hydroxylation sites is 3. The maximum Gasteiger partial charge on any atom is 0.147 e. The number of furan rings is 1. The summed E-state index contributed by atoms with van der Waals surface area (Å²) >= 11 is 1.78. The van der Waals surface area contributed by atoms with Crippen molar-refractivity contribution in [2.75, 3.05) is 0 Å². The zero-order chi connectivity index (χ0) is 24.4. The summed E-state index contributed by atoms with van der Waals surface area (Å²) in [4.78, 5) is 5.15. The van der Waals surface area contributed by atoms with Crippen molar-refractivity contribution in [2.24, 2.45) is 5.41 Å². The highest BCUT2D eigenvalue weighted by molar-refractivity contribution is 7.17. The normalized spacial score (nSPS) is 12.4. The molecular formula is C32H26N2OS. The molecule has 0 amide bonds. The van der Waals surface area contributed by atoms with E-state index in [-0.39, 0.29) is 5.41 Å². The summed E-state index contributed by atoms with van der Waals surface area (Å²) in [5.41, 5.74) is 7.70. The third-order valence-corrected chi connectivity index (χ3v) is 7.76. The lowest BCUT2D eigenvalue weighted by Gasteiger charge is -2.18. The lowest BCUT2D eigenvalue weighted by atomic mass is 9.88. The molecule has 7 aromatic rings. The number of fused-ring (bicyclic) bond motifs is 5. The van der Waals surface area contributed by atoms with Crippen molar-refractivity contribution in [2.45, 2.75) is 27.2 Å². The van der Waals surface area contributed by atoms with E-state index in [1.165, 1.54) is 21.2 Å². The van der Waals surface area contributed by atoms with Gasteiger partial charge in [0, 0.05) is 37.9 Å². The van der Waals surface area contributed by atoms with Gasteiger partial charge in [-0.15, -0.1) is 11.3 Å². The first-order valence-corrected chi connectivity index (χ1v) is 13.2. The molecule has 176 valence electrons. The number of benzene rings is 4. The van der Waals surface area contributed by atoms with Crippen molar-refractivity contribution in [3.05, 3.63) is 95.9 Å². The molecule has 3 nitrogen and oxygen atoms in total. The van der Waals surface area contributed by atoms with Crippen LogP contribution >= 0.6 is 11.3 Å². The summed E-state index contributed by atoms with van der Waals surface area (Å²) in [5, 5.41) is 5.80. The van der Waals surface area contributed by atoms with Crippen LogP contribution in [0.1, 0.15) is 26.3 Å². The molecular weight excluding hydrogens is 460 g/mol. The van der Waals surface area contributed by atoms with Crippen LogP contribution in [0.5, 0.6) is 0 Å². The fraction of sp³-hybridized carbons (Fsp3) is 0.156. The molecule has 7 rings (SSSR count). The highest BCUT2D eigenvalue weighted by atomic mass is 32.1. The number of hydrogen-bond donors (Lipinski definition) is 0. The fourth-order valence-corrected chi connectivity index (χ4v) is 6.21. The van der Waals surface area contributed by atoms with Crippen molar-refractivity contribution < 1.29 is 4.42 Å². The molecule has 4 heteroatoms. The topological polar surface area (TPSA) is 31.0 Å². The standard InChI is InChI=1S/C32H26N2OS/c1-32(2,3)18-20-12-15-30-24(16-20)25(19-36-30)31-33-26-9-5-6-10-27(26)34(31)21-13-14-23-22-8-4-7-11-28(22)35-29(23)17-21/h4-17,19H,18H2,1-3H3. The molecule has 0 atom stereocenters. The van der Waals surface area contributed by atoms with Crippen LogP contribution in [0.25, 0.3) is 60.1 Å². The van der Waals surface area contributed by atoms with Crippen LogP contribution in [-0.2, 0) is 6.42 Å². The van der Waals surface area contributed by atoms with Crippen LogP contribution in [0.15, 0.2) is 94.7 Å². The Morgan fingerprint density at radius 1 is 0.806 bits per heavy atom. The molecule has 4 aromatic carbocycles. The molecule has 0 bridgehead atoms. The minimum absolute atomic E-state index is 0.235. The van der Waals surface area contributed by atoms with Crippen molar-refractivity contribution in [1.82, 2.24) is 9.55 Å². The Hall–Kier alpha value is -3.89. The zero-order valence-corrected chi connectivity index (χ0v) is 21.4. The lowest BCUT2D eigenvalue weighted by Crippen LogP contribution is -2.08. The smallest absolute Gasteiger partial charge is 0.147 e. The number of thiophene rings is 1. The van der Waals surface area contributed by atoms with Gasteiger partial charge in [-0.3, -0.25) is 4.57 Å². The number of hydrogen-bond acceptors (Lipinski definition) is 3. The predicted molar refractivity (Wildman–Crippen MR) is 152 cm³/mol. The number of imidazole rings is 1. The van der Waals surface area contributed by atoms with Crippen molar-refractivity contribution in [3.8, 4) is 17.1 Å². The summed E-state index contributed by atoms with van der Waals surface area (Å²) in [6.07, 6.45) is 1.04. The molecule has 0 radical (unpaired) electrons. The maximum absolute atomic E-state index is 6.23. The lowest BCUT2D eigenvalue weighted by molar-refractivity contribution is 0.411. The third kappa shape index (κ3) is 3.44. The van der Waals surface area contributed by atoms with Gasteiger partial charge in [0.2, 0.25) is 0 Å². The number of aromatic nitrogens is 2. The highest BCUT2D eigenvalue weighted by Crippen LogP contribution is 2.39. The van der Waals surface area contributed by atoms with E-state index < -0.39 is 0 Å². The van der Waals surface area contributed by atoms with Crippen molar-refractivity contribution >= 4 is 54.4 Å². The Balaban J connectivity index is 1.47. The van der Waals surface area contributed by atoms with E-state index in [1.807, 2.05) is 12.1 Å². The Bertz CT molecular complexity index is 1910. The van der Waals surface area contributed by atoms with Gasteiger partial charge in [0.1, 0.15) is 17.0 Å². The Labute approximate surface area is 213 Å². The Morgan fingerprint density at radius 3 is 2.50 bits per heavy atom. The number of nitrogens with zero attached hydrogens (tertiary/aromatic N) is 2. The number of rotatable bonds is 3. The quantitative estimate of drug-likeness (QED) is 0.249. The zero-order valence-electron chi connectivity index (χ0n) is 20.6. The predicted octanol–water partition coefficient (Wildman–Crippen LogP) is 9.40. The molecule has 36 heavy (non-hydrogen) atoms. The molecule has 0 aliphatic carbocycles. The van der Waals surface area contributed by atoms with Gasteiger partial charge in [0.15, 0.2) is 0 Å². The maximum atomic E-state index is 6.23. The minimum atomic E-state index is 0.235. The molecule has 0 aliphatic heterocycles. The van der Waals surface area contributed by atoms with Gasteiger partial charge in [-0.05, 0) is 59.9 Å². The van der Waals surface area contributed by atoms with Crippen molar-refractivity contribution in [3.63, 3.8) is 0 Å². The summed E-state index contributed by atoms with van der Waals surface area (Å²) in [5.74, 6) is 0.964. The van der Waals surface area contributed by atoms with Crippen LogP contribution in [0.4, 0.5) is 0 Å².